The quantitative estimate of drug-likeness (QED) is 0.416. The number of aryl methyl sites for hydroxylation is 3. The van der Waals surface area contributed by atoms with Gasteiger partial charge in [0.15, 0.2) is 0 Å². The summed E-state index contributed by atoms with van der Waals surface area (Å²) >= 11 is 0. The minimum absolute atomic E-state index is 0.0821. The highest BCUT2D eigenvalue weighted by molar-refractivity contribution is 5.69. The van der Waals surface area contributed by atoms with Crippen molar-refractivity contribution < 1.29 is 19.2 Å². The van der Waals surface area contributed by atoms with E-state index < -0.39 is 5.97 Å². The number of rotatable bonds is 10. The lowest BCUT2D eigenvalue weighted by atomic mass is 10.0. The van der Waals surface area contributed by atoms with Gasteiger partial charge >= 0.3 is 5.97 Å². The molecule has 0 aliphatic heterocycles. The number of carboxylic acid groups (broad SMARTS) is 1. The van der Waals surface area contributed by atoms with Crippen molar-refractivity contribution in [2.45, 2.75) is 58.8 Å². The lowest BCUT2D eigenvalue weighted by Crippen LogP contribution is -2.27. The number of ether oxygens (including phenoxy) is 1. The van der Waals surface area contributed by atoms with Crippen LogP contribution in [0.5, 0.6) is 5.75 Å². The first-order valence-corrected chi connectivity index (χ1v) is 12.0. The molecule has 0 bridgehead atoms. The van der Waals surface area contributed by atoms with E-state index in [-0.39, 0.29) is 6.54 Å². The van der Waals surface area contributed by atoms with Crippen LogP contribution in [-0.4, -0.2) is 45.9 Å². The summed E-state index contributed by atoms with van der Waals surface area (Å²) < 4.78 is 11.6. The average Bonchev–Trinajstić information content (AvgIpc) is 3.51. The van der Waals surface area contributed by atoms with Crippen LogP contribution in [0.2, 0.25) is 0 Å². The highest BCUT2D eigenvalue weighted by atomic mass is 16.5. The van der Waals surface area contributed by atoms with Crippen LogP contribution in [0.1, 0.15) is 61.0 Å². The predicted octanol–water partition coefficient (Wildman–Crippen LogP) is 4.69. The number of pyridine rings is 1. The number of benzene rings is 1. The molecule has 0 unspecified atom stereocenters. The number of hydrogen-bond acceptors (Lipinski definition) is 7. The van der Waals surface area contributed by atoms with Crippen LogP contribution in [0.4, 0.5) is 0 Å². The molecule has 2 aromatic heterocycles. The van der Waals surface area contributed by atoms with Crippen LogP contribution in [0.25, 0.3) is 22.8 Å². The zero-order valence-corrected chi connectivity index (χ0v) is 20.1. The van der Waals surface area contributed by atoms with E-state index in [1.165, 1.54) is 25.7 Å². The highest BCUT2D eigenvalue weighted by Crippen LogP contribution is 2.35. The molecule has 0 spiro atoms. The largest absolute Gasteiger partial charge is 0.492 e. The van der Waals surface area contributed by atoms with E-state index in [2.05, 4.69) is 23.5 Å². The van der Waals surface area contributed by atoms with Crippen LogP contribution >= 0.6 is 0 Å². The maximum atomic E-state index is 10.6. The Kier molecular flexibility index (Phi) is 7.57. The maximum absolute atomic E-state index is 10.6. The lowest BCUT2D eigenvalue weighted by molar-refractivity contribution is -0.135. The van der Waals surface area contributed by atoms with Gasteiger partial charge in [0.05, 0.1) is 6.54 Å². The van der Waals surface area contributed by atoms with Gasteiger partial charge in [-0.15, -0.1) is 0 Å². The molecule has 1 fully saturated rings. The first-order valence-electron chi connectivity index (χ1n) is 12.0. The fraction of sp³-hybridized carbons (Fsp3) is 0.462. The Labute approximate surface area is 199 Å². The number of aliphatic carboxylic acids is 1. The van der Waals surface area contributed by atoms with Crippen LogP contribution in [0.3, 0.4) is 0 Å². The van der Waals surface area contributed by atoms with E-state index in [0.717, 1.165) is 45.8 Å². The Morgan fingerprint density at radius 1 is 1.15 bits per heavy atom. The SMILES string of the molecule is CCc1cc(-c2noc(-c3cc(C)nc(C4CCCC4)c3)n2)cc(C)c1OCCNCC(=O)O. The molecule has 0 amide bonds. The van der Waals surface area contributed by atoms with E-state index in [4.69, 9.17) is 24.3 Å². The normalized spacial score (nSPS) is 14.0. The minimum atomic E-state index is -0.883. The molecule has 180 valence electrons. The van der Waals surface area contributed by atoms with Crippen molar-refractivity contribution in [3.8, 4) is 28.6 Å². The monoisotopic (exact) mass is 464 g/mol. The number of carbonyl (C=O) groups is 1. The van der Waals surface area contributed by atoms with Crippen molar-refractivity contribution in [3.63, 3.8) is 0 Å². The van der Waals surface area contributed by atoms with Crippen molar-refractivity contribution in [2.24, 2.45) is 0 Å². The number of nitrogens with zero attached hydrogens (tertiary/aromatic N) is 3. The second-order valence-electron chi connectivity index (χ2n) is 8.88. The standard InChI is InChI=1S/C26H32N4O4/c1-4-18-13-20(11-16(2)24(18)33-10-9-27-15-23(31)32)25-29-26(34-30-25)21-12-17(3)28-22(14-21)19-7-5-6-8-19/h11-14,19,27H,4-10,15H2,1-3H3,(H,31,32). The predicted molar refractivity (Wildman–Crippen MR) is 129 cm³/mol. The van der Waals surface area contributed by atoms with E-state index in [9.17, 15) is 4.79 Å². The van der Waals surface area contributed by atoms with Crippen molar-refractivity contribution in [1.82, 2.24) is 20.4 Å². The van der Waals surface area contributed by atoms with Crippen molar-refractivity contribution >= 4 is 5.97 Å². The smallest absolute Gasteiger partial charge is 0.317 e. The Hall–Kier alpha value is -3.26. The third-order valence-electron chi connectivity index (χ3n) is 6.21. The summed E-state index contributed by atoms with van der Waals surface area (Å²) in [5.74, 6) is 1.49. The molecule has 1 aliphatic rings. The molecule has 8 nitrogen and oxygen atoms in total. The Bertz CT molecular complexity index is 1150. The highest BCUT2D eigenvalue weighted by Gasteiger charge is 2.21. The van der Waals surface area contributed by atoms with Crippen molar-refractivity contribution in [3.05, 3.63) is 46.8 Å². The van der Waals surface area contributed by atoms with Gasteiger partial charge in [-0.3, -0.25) is 9.78 Å². The van der Waals surface area contributed by atoms with Gasteiger partial charge in [-0.1, -0.05) is 24.9 Å². The maximum Gasteiger partial charge on any atom is 0.317 e. The molecule has 0 saturated heterocycles. The summed E-state index contributed by atoms with van der Waals surface area (Å²) in [5, 5.41) is 15.8. The van der Waals surface area contributed by atoms with Crippen molar-refractivity contribution in [1.29, 1.82) is 0 Å². The third-order valence-corrected chi connectivity index (χ3v) is 6.21. The topological polar surface area (TPSA) is 110 Å². The second kappa shape index (κ2) is 10.8. The third kappa shape index (κ3) is 5.62. The molecule has 34 heavy (non-hydrogen) atoms. The second-order valence-corrected chi connectivity index (χ2v) is 8.88. The molecule has 1 saturated carbocycles. The van der Waals surface area contributed by atoms with Gasteiger partial charge in [0.2, 0.25) is 5.82 Å². The lowest BCUT2D eigenvalue weighted by Gasteiger charge is -2.15. The van der Waals surface area contributed by atoms with E-state index >= 15 is 0 Å². The van der Waals surface area contributed by atoms with Crippen molar-refractivity contribution in [2.75, 3.05) is 19.7 Å². The summed E-state index contributed by atoms with van der Waals surface area (Å²) in [7, 11) is 0. The van der Waals surface area contributed by atoms with Crippen LogP contribution in [0, 0.1) is 13.8 Å². The Morgan fingerprint density at radius 2 is 1.94 bits per heavy atom. The number of hydrogen-bond donors (Lipinski definition) is 2. The molecular formula is C26H32N4O4. The molecule has 3 aromatic rings. The fourth-order valence-corrected chi connectivity index (χ4v) is 4.57. The first kappa shape index (κ1) is 23.9. The van der Waals surface area contributed by atoms with Gasteiger partial charge < -0.3 is 19.7 Å². The summed E-state index contributed by atoms with van der Waals surface area (Å²) in [6.45, 7) is 6.83. The fourth-order valence-electron chi connectivity index (χ4n) is 4.57. The molecule has 2 N–H and O–H groups in total. The summed E-state index contributed by atoms with van der Waals surface area (Å²) in [6, 6.07) is 8.12. The number of aromatic nitrogens is 3. The van der Waals surface area contributed by atoms with Gasteiger partial charge in [0.25, 0.3) is 5.89 Å². The number of nitrogens with one attached hydrogen (secondary N) is 1. The zero-order valence-electron chi connectivity index (χ0n) is 20.1. The van der Waals surface area contributed by atoms with Gasteiger partial charge in [0, 0.05) is 35.0 Å². The molecule has 8 heteroatoms. The van der Waals surface area contributed by atoms with Gasteiger partial charge in [-0.2, -0.15) is 4.98 Å². The molecule has 2 heterocycles. The summed E-state index contributed by atoms with van der Waals surface area (Å²) in [4.78, 5) is 20.1. The van der Waals surface area contributed by atoms with E-state index in [1.54, 1.807) is 0 Å². The summed E-state index contributed by atoms with van der Waals surface area (Å²) in [6.07, 6.45) is 5.68. The zero-order chi connectivity index (χ0) is 24.1. The van der Waals surface area contributed by atoms with Crippen LogP contribution in [0.15, 0.2) is 28.8 Å². The van der Waals surface area contributed by atoms with E-state index in [1.807, 2.05) is 32.0 Å². The van der Waals surface area contributed by atoms with Gasteiger partial charge in [0.1, 0.15) is 12.4 Å². The Morgan fingerprint density at radius 3 is 2.68 bits per heavy atom. The first-order chi connectivity index (χ1) is 16.4. The van der Waals surface area contributed by atoms with Crippen LogP contribution in [-0.2, 0) is 11.2 Å². The molecular weight excluding hydrogens is 432 g/mol. The average molecular weight is 465 g/mol. The molecule has 0 radical (unpaired) electrons. The van der Waals surface area contributed by atoms with Gasteiger partial charge in [-0.25, -0.2) is 0 Å². The minimum Gasteiger partial charge on any atom is -0.492 e. The Balaban J connectivity index is 1.53. The molecule has 0 atom stereocenters. The van der Waals surface area contributed by atoms with E-state index in [0.29, 0.717) is 30.8 Å². The molecule has 1 aliphatic carbocycles. The number of carboxylic acids is 1. The summed E-state index contributed by atoms with van der Waals surface area (Å²) in [5.41, 5.74) is 5.89. The van der Waals surface area contributed by atoms with Gasteiger partial charge in [-0.05, 0) is 68.5 Å². The van der Waals surface area contributed by atoms with Crippen LogP contribution < -0.4 is 10.1 Å². The molecule has 4 rings (SSSR count). The molecule has 1 aromatic carbocycles.